The fourth-order valence-corrected chi connectivity index (χ4v) is 3.90. The summed E-state index contributed by atoms with van der Waals surface area (Å²) < 4.78 is 5.57. The standard InChI is InChI=1S/C22H37N3O2/c1-6-19-20(16(2)3)13-18(14-21(19)27-5)22(26)24-15-17-7-10-25(11-8-17)12-9-23-4/h13-14,16-17,23H,6-12,15H2,1-5H3,(H,24,26). The Labute approximate surface area is 164 Å². The number of nitrogens with zero attached hydrogens (tertiary/aromatic N) is 1. The lowest BCUT2D eigenvalue weighted by Crippen LogP contribution is -2.40. The number of carbonyl (C=O) groups is 1. The molecule has 0 bridgehead atoms. The molecule has 1 heterocycles. The molecule has 0 atom stereocenters. The van der Waals surface area contributed by atoms with Crippen LogP contribution in [-0.2, 0) is 6.42 Å². The van der Waals surface area contributed by atoms with Crippen LogP contribution in [0.5, 0.6) is 5.75 Å². The molecule has 0 unspecified atom stereocenters. The Morgan fingerprint density at radius 3 is 2.56 bits per heavy atom. The van der Waals surface area contributed by atoms with Gasteiger partial charge < -0.3 is 20.3 Å². The van der Waals surface area contributed by atoms with Gasteiger partial charge in [0.1, 0.15) is 5.75 Å². The number of carbonyl (C=O) groups excluding carboxylic acids is 1. The third-order valence-electron chi connectivity index (χ3n) is 5.64. The molecule has 5 heteroatoms. The van der Waals surface area contributed by atoms with Crippen molar-refractivity contribution in [3.05, 3.63) is 28.8 Å². The lowest BCUT2D eigenvalue weighted by molar-refractivity contribution is 0.0936. The Kier molecular flexibility index (Phi) is 8.58. The lowest BCUT2D eigenvalue weighted by atomic mass is 9.92. The third-order valence-corrected chi connectivity index (χ3v) is 5.64. The predicted molar refractivity (Wildman–Crippen MR) is 112 cm³/mol. The van der Waals surface area contributed by atoms with E-state index < -0.39 is 0 Å². The summed E-state index contributed by atoms with van der Waals surface area (Å²) in [5, 5.41) is 6.36. The predicted octanol–water partition coefficient (Wildman–Crippen LogP) is 3.04. The Balaban J connectivity index is 1.95. The van der Waals surface area contributed by atoms with Crippen LogP contribution in [0.3, 0.4) is 0 Å². The van der Waals surface area contributed by atoms with Crippen LogP contribution in [-0.4, -0.2) is 57.7 Å². The van der Waals surface area contributed by atoms with Crippen molar-refractivity contribution in [2.45, 2.75) is 46.0 Å². The van der Waals surface area contributed by atoms with E-state index in [9.17, 15) is 4.79 Å². The molecule has 0 aromatic heterocycles. The van der Waals surface area contributed by atoms with Crippen LogP contribution in [0.2, 0.25) is 0 Å². The van der Waals surface area contributed by atoms with Gasteiger partial charge in [-0.1, -0.05) is 20.8 Å². The molecule has 2 N–H and O–H groups in total. The zero-order valence-corrected chi connectivity index (χ0v) is 17.7. The molecule has 0 spiro atoms. The maximum atomic E-state index is 12.8. The molecule has 1 fully saturated rings. The fraction of sp³-hybridized carbons (Fsp3) is 0.682. The van der Waals surface area contributed by atoms with E-state index >= 15 is 0 Å². The molecular formula is C22H37N3O2. The molecule has 2 rings (SSSR count). The van der Waals surface area contributed by atoms with Crippen molar-refractivity contribution >= 4 is 5.91 Å². The van der Waals surface area contributed by atoms with Crippen molar-refractivity contribution < 1.29 is 9.53 Å². The Morgan fingerprint density at radius 1 is 1.30 bits per heavy atom. The van der Waals surface area contributed by atoms with Crippen molar-refractivity contribution in [3.63, 3.8) is 0 Å². The van der Waals surface area contributed by atoms with Crippen molar-refractivity contribution in [2.75, 3.05) is 46.9 Å². The summed E-state index contributed by atoms with van der Waals surface area (Å²) in [6.07, 6.45) is 3.21. The van der Waals surface area contributed by atoms with Gasteiger partial charge >= 0.3 is 0 Å². The normalized spacial score (nSPS) is 15.9. The average Bonchev–Trinajstić information content (AvgIpc) is 2.69. The first kappa shape index (κ1) is 21.7. The van der Waals surface area contributed by atoms with E-state index in [0.717, 1.165) is 57.7 Å². The molecule has 5 nitrogen and oxygen atoms in total. The Hall–Kier alpha value is -1.59. The number of rotatable bonds is 9. The highest BCUT2D eigenvalue weighted by Crippen LogP contribution is 2.30. The van der Waals surface area contributed by atoms with Crippen molar-refractivity contribution in [3.8, 4) is 5.75 Å². The zero-order chi connectivity index (χ0) is 19.8. The van der Waals surface area contributed by atoms with Crippen LogP contribution < -0.4 is 15.4 Å². The van der Waals surface area contributed by atoms with Gasteiger partial charge in [-0.25, -0.2) is 0 Å². The number of nitrogens with one attached hydrogen (secondary N) is 2. The number of amides is 1. The van der Waals surface area contributed by atoms with Gasteiger partial charge in [-0.2, -0.15) is 0 Å². The topological polar surface area (TPSA) is 53.6 Å². The average molecular weight is 376 g/mol. The zero-order valence-electron chi connectivity index (χ0n) is 17.7. The van der Waals surface area contributed by atoms with Gasteiger partial charge in [0.25, 0.3) is 5.91 Å². The summed E-state index contributed by atoms with van der Waals surface area (Å²) in [5.41, 5.74) is 3.12. The van der Waals surface area contributed by atoms with Crippen LogP contribution in [0.1, 0.15) is 61.0 Å². The van der Waals surface area contributed by atoms with Crippen LogP contribution >= 0.6 is 0 Å². The van der Waals surface area contributed by atoms with Gasteiger partial charge in [-0.05, 0) is 74.5 Å². The van der Waals surface area contributed by atoms with Gasteiger partial charge in [0, 0.05) is 25.2 Å². The second kappa shape index (κ2) is 10.7. The summed E-state index contributed by atoms with van der Waals surface area (Å²) in [7, 11) is 3.68. The summed E-state index contributed by atoms with van der Waals surface area (Å²) in [6, 6.07) is 3.93. The van der Waals surface area contributed by atoms with Crippen LogP contribution in [0, 0.1) is 5.92 Å². The number of likely N-dealkylation sites (N-methyl/N-ethyl adjacent to an activating group) is 1. The van der Waals surface area contributed by atoms with Gasteiger partial charge in [0.15, 0.2) is 0 Å². The summed E-state index contributed by atoms with van der Waals surface area (Å²) in [6.45, 7) is 11.6. The maximum absolute atomic E-state index is 12.8. The molecule has 1 saturated heterocycles. The number of hydrogen-bond donors (Lipinski definition) is 2. The minimum Gasteiger partial charge on any atom is -0.496 e. The van der Waals surface area contributed by atoms with Gasteiger partial charge in [-0.3, -0.25) is 4.79 Å². The molecule has 1 aliphatic rings. The second-order valence-corrected chi connectivity index (χ2v) is 7.85. The molecular weight excluding hydrogens is 338 g/mol. The first-order valence-corrected chi connectivity index (χ1v) is 10.4. The van der Waals surface area contributed by atoms with Crippen LogP contribution in [0.4, 0.5) is 0 Å². The minimum atomic E-state index is 0.00969. The first-order chi connectivity index (χ1) is 13.0. The molecule has 0 saturated carbocycles. The van der Waals surface area contributed by atoms with E-state index in [1.165, 1.54) is 11.1 Å². The lowest BCUT2D eigenvalue weighted by Gasteiger charge is -2.32. The Bertz CT molecular complexity index is 608. The van der Waals surface area contributed by atoms with Crippen LogP contribution in [0.25, 0.3) is 0 Å². The van der Waals surface area contributed by atoms with Gasteiger partial charge in [0.2, 0.25) is 0 Å². The van der Waals surface area contributed by atoms with E-state index in [0.29, 0.717) is 17.4 Å². The molecule has 1 amide bonds. The first-order valence-electron chi connectivity index (χ1n) is 10.4. The summed E-state index contributed by atoms with van der Waals surface area (Å²) in [5.74, 6) is 1.77. The van der Waals surface area contributed by atoms with E-state index in [1.807, 2.05) is 19.2 Å². The highest BCUT2D eigenvalue weighted by molar-refractivity contribution is 5.95. The van der Waals surface area contributed by atoms with Crippen molar-refractivity contribution in [2.24, 2.45) is 5.92 Å². The second-order valence-electron chi connectivity index (χ2n) is 7.85. The number of likely N-dealkylation sites (tertiary alicyclic amines) is 1. The third kappa shape index (κ3) is 5.94. The molecule has 1 aromatic carbocycles. The van der Waals surface area contributed by atoms with Gasteiger partial charge in [-0.15, -0.1) is 0 Å². The Morgan fingerprint density at radius 2 is 2.00 bits per heavy atom. The number of ether oxygens (including phenoxy) is 1. The van der Waals surface area contributed by atoms with Crippen molar-refractivity contribution in [1.29, 1.82) is 0 Å². The van der Waals surface area contributed by atoms with Gasteiger partial charge in [0.05, 0.1) is 7.11 Å². The van der Waals surface area contributed by atoms with E-state index in [2.05, 4.69) is 36.3 Å². The van der Waals surface area contributed by atoms with Crippen molar-refractivity contribution in [1.82, 2.24) is 15.5 Å². The molecule has 152 valence electrons. The minimum absolute atomic E-state index is 0.00969. The maximum Gasteiger partial charge on any atom is 0.251 e. The highest BCUT2D eigenvalue weighted by atomic mass is 16.5. The number of methoxy groups -OCH3 is 1. The highest BCUT2D eigenvalue weighted by Gasteiger charge is 2.21. The molecule has 27 heavy (non-hydrogen) atoms. The number of hydrogen-bond acceptors (Lipinski definition) is 4. The smallest absolute Gasteiger partial charge is 0.251 e. The molecule has 1 aliphatic heterocycles. The molecule has 0 aliphatic carbocycles. The fourth-order valence-electron chi connectivity index (χ4n) is 3.90. The number of benzene rings is 1. The monoisotopic (exact) mass is 375 g/mol. The largest absolute Gasteiger partial charge is 0.496 e. The van der Waals surface area contributed by atoms with Crippen LogP contribution in [0.15, 0.2) is 12.1 Å². The quantitative estimate of drug-likeness (QED) is 0.697. The summed E-state index contributed by atoms with van der Waals surface area (Å²) >= 11 is 0. The molecule has 1 aromatic rings. The number of piperidine rings is 1. The van der Waals surface area contributed by atoms with E-state index in [4.69, 9.17) is 4.74 Å². The van der Waals surface area contributed by atoms with E-state index in [1.54, 1.807) is 7.11 Å². The summed E-state index contributed by atoms with van der Waals surface area (Å²) in [4.78, 5) is 15.2. The van der Waals surface area contributed by atoms with E-state index in [-0.39, 0.29) is 5.91 Å². The SMILES string of the molecule is CCc1c(OC)cc(C(=O)NCC2CCN(CCNC)CC2)cc1C(C)C. The molecule has 0 radical (unpaired) electrons.